The van der Waals surface area contributed by atoms with Crippen LogP contribution < -0.4 is 11.1 Å². The van der Waals surface area contributed by atoms with Crippen LogP contribution in [0.15, 0.2) is 28.9 Å². The van der Waals surface area contributed by atoms with Crippen molar-refractivity contribution in [2.45, 2.75) is 6.92 Å². The molecule has 0 atom stereocenters. The van der Waals surface area contributed by atoms with Gasteiger partial charge >= 0.3 is 0 Å². The molecule has 0 spiro atoms. The molecular formula is C12H11BrN6. The first-order valence-corrected chi connectivity index (χ1v) is 6.42. The molecule has 0 unspecified atom stereocenters. The normalized spacial score (nSPS) is 10.8. The van der Waals surface area contributed by atoms with Crippen LogP contribution in [-0.4, -0.2) is 20.2 Å². The molecular weight excluding hydrogens is 308 g/mol. The van der Waals surface area contributed by atoms with E-state index in [1.807, 2.05) is 25.1 Å². The number of aromatic amines is 1. The molecule has 0 saturated carbocycles. The van der Waals surface area contributed by atoms with Gasteiger partial charge in [-0.3, -0.25) is 5.10 Å². The van der Waals surface area contributed by atoms with Gasteiger partial charge in [-0.15, -0.1) is 0 Å². The quantitative estimate of drug-likeness (QED) is 0.675. The standard InChI is InChI=1S/C12H11BrN6/c1-6-2-7(13)4-8(3-6)16-10-9-5-15-19-11(9)18-12(14)17-10/h2-5H,1H3,(H4,14,15,16,17,18,19). The van der Waals surface area contributed by atoms with E-state index in [1.165, 1.54) is 0 Å². The first-order valence-electron chi connectivity index (χ1n) is 5.62. The van der Waals surface area contributed by atoms with Gasteiger partial charge in [-0.05, 0) is 30.7 Å². The Labute approximate surface area is 117 Å². The van der Waals surface area contributed by atoms with Crippen LogP contribution in [0, 0.1) is 6.92 Å². The van der Waals surface area contributed by atoms with Gasteiger partial charge in [-0.25, -0.2) is 0 Å². The number of nitrogen functional groups attached to an aromatic ring is 1. The van der Waals surface area contributed by atoms with Crippen LogP contribution in [0.2, 0.25) is 0 Å². The van der Waals surface area contributed by atoms with Gasteiger partial charge in [0.15, 0.2) is 5.65 Å². The monoisotopic (exact) mass is 318 g/mol. The number of aromatic nitrogens is 4. The molecule has 2 aromatic heterocycles. The summed E-state index contributed by atoms with van der Waals surface area (Å²) in [5, 5.41) is 10.8. The van der Waals surface area contributed by atoms with Gasteiger partial charge in [0.25, 0.3) is 0 Å². The van der Waals surface area contributed by atoms with E-state index >= 15 is 0 Å². The largest absolute Gasteiger partial charge is 0.368 e. The van der Waals surface area contributed by atoms with Crippen LogP contribution >= 0.6 is 15.9 Å². The predicted octanol–water partition coefficient (Wildman–Crippen LogP) is 2.75. The molecule has 0 saturated heterocycles. The number of fused-ring (bicyclic) bond motifs is 1. The van der Waals surface area contributed by atoms with Crippen LogP contribution in [-0.2, 0) is 0 Å². The van der Waals surface area contributed by atoms with Crippen molar-refractivity contribution in [1.29, 1.82) is 0 Å². The molecule has 0 amide bonds. The predicted molar refractivity (Wildman–Crippen MR) is 78.3 cm³/mol. The zero-order valence-corrected chi connectivity index (χ0v) is 11.7. The van der Waals surface area contributed by atoms with Crippen LogP contribution in [0.3, 0.4) is 0 Å². The van der Waals surface area contributed by atoms with Gasteiger partial charge in [0, 0.05) is 10.2 Å². The minimum Gasteiger partial charge on any atom is -0.368 e. The van der Waals surface area contributed by atoms with Crippen molar-refractivity contribution in [3.8, 4) is 0 Å². The van der Waals surface area contributed by atoms with E-state index < -0.39 is 0 Å². The van der Waals surface area contributed by atoms with Crippen LogP contribution in [0.1, 0.15) is 5.56 Å². The molecule has 0 aliphatic carbocycles. The lowest BCUT2D eigenvalue weighted by molar-refractivity contribution is 1.09. The van der Waals surface area contributed by atoms with E-state index in [4.69, 9.17) is 5.73 Å². The van der Waals surface area contributed by atoms with E-state index in [-0.39, 0.29) is 5.95 Å². The topological polar surface area (TPSA) is 92.5 Å². The van der Waals surface area contributed by atoms with Gasteiger partial charge in [0.2, 0.25) is 5.95 Å². The molecule has 3 aromatic rings. The Morgan fingerprint density at radius 1 is 1.26 bits per heavy atom. The lowest BCUT2D eigenvalue weighted by Gasteiger charge is -2.08. The third-order valence-corrected chi connectivity index (χ3v) is 3.09. The highest BCUT2D eigenvalue weighted by atomic mass is 79.9. The average molecular weight is 319 g/mol. The molecule has 19 heavy (non-hydrogen) atoms. The van der Waals surface area contributed by atoms with Crippen molar-refractivity contribution in [3.05, 3.63) is 34.4 Å². The highest BCUT2D eigenvalue weighted by molar-refractivity contribution is 9.10. The van der Waals surface area contributed by atoms with Gasteiger partial charge in [0.1, 0.15) is 5.82 Å². The molecule has 6 nitrogen and oxygen atoms in total. The molecule has 1 aromatic carbocycles. The van der Waals surface area contributed by atoms with E-state index in [0.717, 1.165) is 21.1 Å². The van der Waals surface area contributed by atoms with Crippen molar-refractivity contribution in [1.82, 2.24) is 20.2 Å². The molecule has 4 N–H and O–H groups in total. The Bertz CT molecular complexity index is 731. The summed E-state index contributed by atoms with van der Waals surface area (Å²) in [4.78, 5) is 8.28. The summed E-state index contributed by atoms with van der Waals surface area (Å²) in [6.07, 6.45) is 1.67. The summed E-state index contributed by atoms with van der Waals surface area (Å²) in [6.45, 7) is 2.03. The number of benzene rings is 1. The smallest absolute Gasteiger partial charge is 0.224 e. The Balaban J connectivity index is 2.07. The summed E-state index contributed by atoms with van der Waals surface area (Å²) >= 11 is 3.47. The van der Waals surface area contributed by atoms with Crippen molar-refractivity contribution in [3.63, 3.8) is 0 Å². The SMILES string of the molecule is Cc1cc(Br)cc(Nc2nc(N)nc3[nH]ncc23)c1. The van der Waals surface area contributed by atoms with Gasteiger partial charge in [-0.1, -0.05) is 15.9 Å². The molecule has 7 heteroatoms. The molecule has 0 radical (unpaired) electrons. The number of nitrogens with zero attached hydrogens (tertiary/aromatic N) is 3. The molecule has 96 valence electrons. The second-order valence-corrected chi connectivity index (χ2v) is 5.12. The summed E-state index contributed by atoms with van der Waals surface area (Å²) in [7, 11) is 0. The lowest BCUT2D eigenvalue weighted by Crippen LogP contribution is -2.01. The maximum atomic E-state index is 5.68. The summed E-state index contributed by atoms with van der Waals surface area (Å²) in [5.74, 6) is 0.833. The Kier molecular flexibility index (Phi) is 2.83. The minimum atomic E-state index is 0.200. The van der Waals surface area contributed by atoms with Gasteiger partial charge in [0.05, 0.1) is 11.6 Å². The number of H-pyrrole nitrogens is 1. The molecule has 3 rings (SSSR count). The maximum Gasteiger partial charge on any atom is 0.224 e. The summed E-state index contributed by atoms with van der Waals surface area (Å²) in [6, 6.07) is 6.03. The highest BCUT2D eigenvalue weighted by Crippen LogP contribution is 2.25. The fourth-order valence-electron chi connectivity index (χ4n) is 1.89. The molecule has 0 aliphatic rings. The van der Waals surface area contributed by atoms with Crippen LogP contribution in [0.5, 0.6) is 0 Å². The van der Waals surface area contributed by atoms with Crippen molar-refractivity contribution in [2.75, 3.05) is 11.1 Å². The Hall–Kier alpha value is -2.15. The summed E-state index contributed by atoms with van der Waals surface area (Å²) < 4.78 is 1.00. The number of nitrogens with two attached hydrogens (primary N) is 1. The van der Waals surface area contributed by atoms with Crippen molar-refractivity contribution < 1.29 is 0 Å². The highest BCUT2D eigenvalue weighted by Gasteiger charge is 2.08. The first kappa shape index (κ1) is 11.9. The lowest BCUT2D eigenvalue weighted by atomic mass is 10.2. The number of rotatable bonds is 2. The zero-order valence-electron chi connectivity index (χ0n) is 10.1. The number of aryl methyl sites for hydroxylation is 1. The van der Waals surface area contributed by atoms with Gasteiger partial charge in [-0.2, -0.15) is 15.1 Å². The fourth-order valence-corrected chi connectivity index (χ4v) is 2.50. The molecule has 0 aliphatic heterocycles. The Morgan fingerprint density at radius 2 is 2.11 bits per heavy atom. The zero-order chi connectivity index (χ0) is 13.4. The van der Waals surface area contributed by atoms with E-state index in [0.29, 0.717) is 11.5 Å². The maximum absolute atomic E-state index is 5.68. The van der Waals surface area contributed by atoms with Crippen molar-refractivity contribution in [2.24, 2.45) is 0 Å². The Morgan fingerprint density at radius 3 is 2.89 bits per heavy atom. The molecule has 0 bridgehead atoms. The van der Waals surface area contributed by atoms with Crippen LogP contribution in [0.25, 0.3) is 11.0 Å². The third kappa shape index (κ3) is 2.37. The second-order valence-electron chi connectivity index (χ2n) is 4.20. The number of hydrogen-bond acceptors (Lipinski definition) is 5. The van der Waals surface area contributed by atoms with E-state index in [1.54, 1.807) is 6.20 Å². The number of hydrogen-bond donors (Lipinski definition) is 3. The first-order chi connectivity index (χ1) is 9.11. The number of halogens is 1. The second kappa shape index (κ2) is 4.51. The molecule has 0 fully saturated rings. The number of nitrogens with one attached hydrogen (secondary N) is 2. The van der Waals surface area contributed by atoms with Crippen LogP contribution in [0.4, 0.5) is 17.5 Å². The average Bonchev–Trinajstić information content (AvgIpc) is 2.75. The minimum absolute atomic E-state index is 0.200. The molecule has 2 heterocycles. The fraction of sp³-hybridized carbons (Fsp3) is 0.0833. The van der Waals surface area contributed by atoms with Gasteiger partial charge < -0.3 is 11.1 Å². The number of anilines is 3. The third-order valence-electron chi connectivity index (χ3n) is 2.63. The van der Waals surface area contributed by atoms with E-state index in [2.05, 4.69) is 41.4 Å². The van der Waals surface area contributed by atoms with Crippen molar-refractivity contribution >= 4 is 44.4 Å². The van der Waals surface area contributed by atoms with E-state index in [9.17, 15) is 0 Å². The summed E-state index contributed by atoms with van der Waals surface area (Å²) in [5.41, 5.74) is 8.36.